The van der Waals surface area contributed by atoms with Crippen LogP contribution in [0.2, 0.25) is 0 Å². The summed E-state index contributed by atoms with van der Waals surface area (Å²) in [7, 11) is 1.59. The highest BCUT2D eigenvalue weighted by atomic mass is 16.6. The van der Waals surface area contributed by atoms with Crippen LogP contribution >= 0.6 is 0 Å². The van der Waals surface area contributed by atoms with Gasteiger partial charge in [0.05, 0.1) is 25.8 Å². The quantitative estimate of drug-likeness (QED) is 0.192. The third-order valence-electron chi connectivity index (χ3n) is 8.21. The summed E-state index contributed by atoms with van der Waals surface area (Å²) in [6, 6.07) is 21.1. The van der Waals surface area contributed by atoms with Gasteiger partial charge in [-0.05, 0) is 114 Å². The number of nitrogens with zero attached hydrogens (tertiary/aromatic N) is 1. The molecular formula is C39H50N2O7. The maximum atomic E-state index is 14.2. The fourth-order valence-electron chi connectivity index (χ4n) is 5.85. The first-order chi connectivity index (χ1) is 22.8. The van der Waals surface area contributed by atoms with Crippen LogP contribution in [0.25, 0.3) is 0 Å². The third-order valence-corrected chi connectivity index (χ3v) is 8.21. The van der Waals surface area contributed by atoms with E-state index in [0.717, 1.165) is 24.8 Å². The summed E-state index contributed by atoms with van der Waals surface area (Å²) in [6.07, 6.45) is 2.96. The number of aryl methyl sites for hydroxylation is 1. The molecular weight excluding hydrogens is 608 g/mol. The van der Waals surface area contributed by atoms with Crippen molar-refractivity contribution in [2.24, 2.45) is 0 Å². The van der Waals surface area contributed by atoms with Crippen LogP contribution in [-0.2, 0) is 31.9 Å². The smallest absolute Gasteiger partial charge is 0.326 e. The van der Waals surface area contributed by atoms with E-state index >= 15 is 0 Å². The van der Waals surface area contributed by atoms with E-state index in [1.54, 1.807) is 38.3 Å². The molecule has 0 saturated carbocycles. The summed E-state index contributed by atoms with van der Waals surface area (Å²) in [5.74, 6) is 0.273. The van der Waals surface area contributed by atoms with Gasteiger partial charge in [-0.1, -0.05) is 30.3 Å². The summed E-state index contributed by atoms with van der Waals surface area (Å²) in [5.41, 5.74) is 3.75. The number of fused-ring (bicyclic) bond motifs is 1. The van der Waals surface area contributed by atoms with Crippen molar-refractivity contribution in [3.63, 3.8) is 0 Å². The highest BCUT2D eigenvalue weighted by Crippen LogP contribution is 2.39. The van der Waals surface area contributed by atoms with E-state index in [1.165, 1.54) is 16.0 Å². The number of amides is 1. The summed E-state index contributed by atoms with van der Waals surface area (Å²) in [5, 5.41) is 3.34. The molecule has 0 heterocycles. The Kier molecular flexibility index (Phi) is 12.3. The minimum absolute atomic E-state index is 0.162. The molecule has 1 aliphatic carbocycles. The van der Waals surface area contributed by atoms with Crippen molar-refractivity contribution < 1.29 is 33.3 Å². The summed E-state index contributed by atoms with van der Waals surface area (Å²) >= 11 is 0. The number of ether oxygens (including phenoxy) is 4. The number of carbonyl (C=O) groups excluding carboxylic acids is 3. The minimum Gasteiger partial charge on any atom is -0.497 e. The van der Waals surface area contributed by atoms with Crippen molar-refractivity contribution >= 4 is 23.5 Å². The molecule has 0 radical (unpaired) electrons. The van der Waals surface area contributed by atoms with Gasteiger partial charge >= 0.3 is 11.9 Å². The molecule has 0 unspecified atom stereocenters. The van der Waals surface area contributed by atoms with Crippen LogP contribution in [0.15, 0.2) is 66.7 Å². The Bertz CT molecular complexity index is 1560. The second-order valence-electron chi connectivity index (χ2n) is 13.8. The molecule has 4 rings (SSSR count). The lowest BCUT2D eigenvalue weighted by molar-refractivity contribution is -0.154. The van der Waals surface area contributed by atoms with Crippen molar-refractivity contribution in [3.8, 4) is 11.5 Å². The van der Waals surface area contributed by atoms with Crippen molar-refractivity contribution in [1.29, 1.82) is 0 Å². The van der Waals surface area contributed by atoms with E-state index in [1.807, 2.05) is 52.8 Å². The highest BCUT2D eigenvalue weighted by molar-refractivity contribution is 6.09. The van der Waals surface area contributed by atoms with E-state index < -0.39 is 17.1 Å². The van der Waals surface area contributed by atoms with Crippen LogP contribution in [0.1, 0.15) is 87.4 Å². The third kappa shape index (κ3) is 10.3. The van der Waals surface area contributed by atoms with Crippen LogP contribution in [-0.4, -0.2) is 62.4 Å². The molecule has 0 aliphatic heterocycles. The first-order valence-electron chi connectivity index (χ1n) is 16.7. The largest absolute Gasteiger partial charge is 0.497 e. The van der Waals surface area contributed by atoms with Crippen molar-refractivity contribution in [3.05, 3.63) is 89.0 Å². The first kappa shape index (κ1) is 36.5. The normalized spacial score (nSPS) is 14.4. The van der Waals surface area contributed by atoms with E-state index in [0.29, 0.717) is 35.9 Å². The number of hydrogen-bond donors (Lipinski definition) is 1. The number of esters is 2. The Morgan fingerprint density at radius 1 is 0.896 bits per heavy atom. The van der Waals surface area contributed by atoms with Gasteiger partial charge in [0.25, 0.3) is 5.91 Å². The van der Waals surface area contributed by atoms with Crippen molar-refractivity contribution in [2.75, 3.05) is 38.3 Å². The van der Waals surface area contributed by atoms with Crippen molar-refractivity contribution in [1.82, 2.24) is 5.32 Å². The average molecular weight is 659 g/mol. The lowest BCUT2D eigenvalue weighted by Gasteiger charge is -2.31. The topological polar surface area (TPSA) is 103 Å². The zero-order valence-corrected chi connectivity index (χ0v) is 29.4. The van der Waals surface area contributed by atoms with Gasteiger partial charge in [-0.15, -0.1) is 0 Å². The number of nitrogens with one attached hydrogen (secondary N) is 1. The Labute approximate surface area is 284 Å². The van der Waals surface area contributed by atoms with E-state index in [-0.39, 0.29) is 37.4 Å². The maximum absolute atomic E-state index is 14.2. The SMILES string of the molecule is CCOC(=O)CN(C(=O)c1ccc(OCC(C)(C)NCCC(=O)OC(C)(C)C)cc1)c1cc(OC)ccc1[C@@H]1CCc2ccccc2C1. The molecule has 1 N–H and O–H groups in total. The maximum Gasteiger partial charge on any atom is 0.326 e. The predicted molar refractivity (Wildman–Crippen MR) is 187 cm³/mol. The Morgan fingerprint density at radius 3 is 2.25 bits per heavy atom. The monoisotopic (exact) mass is 658 g/mol. The number of hydrogen-bond acceptors (Lipinski definition) is 8. The molecule has 0 aromatic heterocycles. The fraction of sp³-hybridized carbons (Fsp3) is 0.462. The van der Waals surface area contributed by atoms with Gasteiger partial charge < -0.3 is 24.3 Å². The van der Waals surface area contributed by atoms with Crippen LogP contribution in [0.3, 0.4) is 0 Å². The Balaban J connectivity index is 1.51. The standard InChI is InChI=1S/C39H50N2O7/c1-8-46-36(43)25-41(34-24-32(45-7)19-20-33(34)30-14-13-27-11-9-10-12-29(27)23-30)37(44)28-15-17-31(18-16-28)47-26-39(5,6)40-22-21-35(42)48-38(2,3)4/h9-12,15-20,24,30,40H,8,13-14,21-23,25-26H2,1-7H3/t30-/m1/s1. The van der Waals surface area contributed by atoms with E-state index in [2.05, 4.69) is 29.6 Å². The number of anilines is 1. The molecule has 0 fully saturated rings. The number of carbonyl (C=O) groups is 3. The molecule has 1 atom stereocenters. The van der Waals surface area contributed by atoms with Gasteiger partial charge in [0, 0.05) is 23.7 Å². The fourth-order valence-corrected chi connectivity index (χ4v) is 5.85. The summed E-state index contributed by atoms with van der Waals surface area (Å²) < 4.78 is 22.3. The molecule has 3 aromatic rings. The van der Waals surface area contributed by atoms with Crippen LogP contribution in [0.5, 0.6) is 11.5 Å². The zero-order valence-electron chi connectivity index (χ0n) is 29.4. The van der Waals surface area contributed by atoms with E-state index in [4.69, 9.17) is 18.9 Å². The van der Waals surface area contributed by atoms with Gasteiger partial charge in [-0.3, -0.25) is 19.3 Å². The van der Waals surface area contributed by atoms with Crippen LogP contribution in [0.4, 0.5) is 5.69 Å². The second-order valence-corrected chi connectivity index (χ2v) is 13.8. The molecule has 0 saturated heterocycles. The highest BCUT2D eigenvalue weighted by Gasteiger charge is 2.29. The Morgan fingerprint density at radius 2 is 1.58 bits per heavy atom. The molecule has 1 amide bonds. The zero-order chi connectivity index (χ0) is 34.9. The van der Waals surface area contributed by atoms with Crippen molar-refractivity contribution in [2.45, 2.75) is 84.3 Å². The second kappa shape index (κ2) is 16.2. The lowest BCUT2D eigenvalue weighted by atomic mass is 9.79. The van der Waals surface area contributed by atoms with Crippen LogP contribution < -0.4 is 19.7 Å². The van der Waals surface area contributed by atoms with Crippen LogP contribution in [0, 0.1) is 0 Å². The Hall–Kier alpha value is -4.37. The first-order valence-corrected chi connectivity index (χ1v) is 16.7. The predicted octanol–water partition coefficient (Wildman–Crippen LogP) is 6.66. The molecule has 1 aliphatic rings. The molecule has 258 valence electrons. The average Bonchev–Trinajstić information content (AvgIpc) is 3.05. The van der Waals surface area contributed by atoms with Gasteiger partial charge in [0.1, 0.15) is 30.3 Å². The number of rotatable bonds is 14. The van der Waals surface area contributed by atoms with Gasteiger partial charge in [-0.25, -0.2) is 0 Å². The number of methoxy groups -OCH3 is 1. The molecule has 48 heavy (non-hydrogen) atoms. The van der Waals surface area contributed by atoms with Gasteiger partial charge in [0.2, 0.25) is 0 Å². The summed E-state index contributed by atoms with van der Waals surface area (Å²) in [4.78, 5) is 40.6. The van der Waals surface area contributed by atoms with E-state index in [9.17, 15) is 14.4 Å². The lowest BCUT2D eigenvalue weighted by Crippen LogP contribution is -2.45. The number of benzene rings is 3. The summed E-state index contributed by atoms with van der Waals surface area (Å²) in [6.45, 7) is 12.0. The minimum atomic E-state index is -0.516. The molecule has 9 heteroatoms. The molecule has 0 bridgehead atoms. The molecule has 3 aromatic carbocycles. The molecule has 9 nitrogen and oxygen atoms in total. The van der Waals surface area contributed by atoms with Gasteiger partial charge in [-0.2, -0.15) is 0 Å². The molecule has 0 spiro atoms. The van der Waals surface area contributed by atoms with Gasteiger partial charge in [0.15, 0.2) is 0 Å².